The lowest BCUT2D eigenvalue weighted by Gasteiger charge is -2.37. The number of aryl methyl sites for hydroxylation is 1. The van der Waals surface area contributed by atoms with Crippen molar-refractivity contribution in [3.8, 4) is 5.82 Å². The predicted octanol–water partition coefficient (Wildman–Crippen LogP) is 1.05. The Balaban J connectivity index is 1.42. The monoisotopic (exact) mass is 356 g/mol. The summed E-state index contributed by atoms with van der Waals surface area (Å²) in [6.07, 6.45) is 7.03. The number of nitrogens with zero attached hydrogens (tertiary/aromatic N) is 6. The molecule has 0 spiro atoms. The number of imidazole rings is 1. The molecule has 0 aliphatic carbocycles. The lowest BCUT2D eigenvalue weighted by Crippen LogP contribution is -2.51. The number of carbonyl (C=O) groups is 1. The van der Waals surface area contributed by atoms with Crippen molar-refractivity contribution in [3.63, 3.8) is 0 Å². The van der Waals surface area contributed by atoms with Crippen molar-refractivity contribution in [2.45, 2.75) is 19.8 Å². The van der Waals surface area contributed by atoms with Crippen molar-refractivity contribution >= 4 is 11.7 Å². The minimum Gasteiger partial charge on any atom is -0.381 e. The van der Waals surface area contributed by atoms with Crippen molar-refractivity contribution in [2.75, 3.05) is 44.3 Å². The number of ether oxygens (including phenoxy) is 1. The van der Waals surface area contributed by atoms with Gasteiger partial charge in [-0.2, -0.15) is 0 Å². The molecular formula is C18H24N6O2. The summed E-state index contributed by atoms with van der Waals surface area (Å²) >= 11 is 0. The molecule has 26 heavy (non-hydrogen) atoms. The van der Waals surface area contributed by atoms with Gasteiger partial charge in [0.05, 0.1) is 0 Å². The number of hydrogen-bond donors (Lipinski definition) is 0. The van der Waals surface area contributed by atoms with E-state index in [9.17, 15) is 4.79 Å². The minimum atomic E-state index is 0.129. The maximum absolute atomic E-state index is 12.7. The smallest absolute Gasteiger partial charge is 0.225 e. The fourth-order valence-electron chi connectivity index (χ4n) is 3.58. The van der Waals surface area contributed by atoms with Gasteiger partial charge in [-0.05, 0) is 19.8 Å². The zero-order valence-corrected chi connectivity index (χ0v) is 15.0. The van der Waals surface area contributed by atoms with Gasteiger partial charge < -0.3 is 14.5 Å². The molecule has 2 aliphatic heterocycles. The van der Waals surface area contributed by atoms with E-state index in [0.29, 0.717) is 13.2 Å². The number of amides is 1. The first-order valence-corrected chi connectivity index (χ1v) is 9.16. The fraction of sp³-hybridized carbons (Fsp3) is 0.556. The zero-order chi connectivity index (χ0) is 17.9. The molecule has 0 aromatic carbocycles. The summed E-state index contributed by atoms with van der Waals surface area (Å²) in [4.78, 5) is 30.1. The van der Waals surface area contributed by atoms with Gasteiger partial charge in [-0.3, -0.25) is 9.36 Å². The van der Waals surface area contributed by atoms with E-state index < -0.39 is 0 Å². The first kappa shape index (κ1) is 17.0. The molecule has 138 valence electrons. The van der Waals surface area contributed by atoms with E-state index in [1.54, 1.807) is 12.5 Å². The first-order valence-electron chi connectivity index (χ1n) is 9.16. The van der Waals surface area contributed by atoms with Crippen LogP contribution in [0, 0.1) is 12.8 Å². The Morgan fingerprint density at radius 2 is 1.85 bits per heavy atom. The Morgan fingerprint density at radius 1 is 1.12 bits per heavy atom. The van der Waals surface area contributed by atoms with Crippen LogP contribution in [-0.2, 0) is 9.53 Å². The van der Waals surface area contributed by atoms with Crippen molar-refractivity contribution in [2.24, 2.45) is 5.92 Å². The van der Waals surface area contributed by atoms with Gasteiger partial charge in [0.15, 0.2) is 0 Å². The molecule has 2 saturated heterocycles. The Morgan fingerprint density at radius 3 is 2.54 bits per heavy atom. The Hall–Kier alpha value is -2.48. The fourth-order valence-corrected chi connectivity index (χ4v) is 3.58. The van der Waals surface area contributed by atoms with E-state index in [-0.39, 0.29) is 11.8 Å². The first-order chi connectivity index (χ1) is 12.7. The summed E-state index contributed by atoms with van der Waals surface area (Å²) in [6.45, 7) is 6.35. The third kappa shape index (κ3) is 3.55. The van der Waals surface area contributed by atoms with Crippen LogP contribution in [0.5, 0.6) is 0 Å². The van der Waals surface area contributed by atoms with Crippen molar-refractivity contribution < 1.29 is 9.53 Å². The number of anilines is 1. The molecule has 0 bridgehead atoms. The molecule has 0 radical (unpaired) electrons. The van der Waals surface area contributed by atoms with E-state index in [1.165, 1.54) is 0 Å². The maximum atomic E-state index is 12.7. The topological polar surface area (TPSA) is 76.4 Å². The molecule has 2 aromatic rings. The van der Waals surface area contributed by atoms with Crippen molar-refractivity contribution in [3.05, 3.63) is 30.6 Å². The van der Waals surface area contributed by atoms with Gasteiger partial charge in [0.1, 0.15) is 23.8 Å². The van der Waals surface area contributed by atoms with Crippen LogP contribution >= 0.6 is 0 Å². The molecule has 0 atom stereocenters. The molecule has 0 saturated carbocycles. The molecule has 0 N–H and O–H groups in total. The van der Waals surface area contributed by atoms with E-state index in [4.69, 9.17) is 4.74 Å². The Bertz CT molecular complexity index is 749. The lowest BCUT2D eigenvalue weighted by molar-refractivity contribution is -0.138. The highest BCUT2D eigenvalue weighted by Gasteiger charge is 2.29. The molecule has 2 aromatic heterocycles. The predicted molar refractivity (Wildman–Crippen MR) is 96.2 cm³/mol. The highest BCUT2D eigenvalue weighted by Crippen LogP contribution is 2.21. The second kappa shape index (κ2) is 7.41. The molecular weight excluding hydrogens is 332 g/mol. The van der Waals surface area contributed by atoms with Gasteiger partial charge in [0, 0.05) is 63.8 Å². The minimum absolute atomic E-state index is 0.129. The van der Waals surface area contributed by atoms with Crippen LogP contribution in [0.2, 0.25) is 0 Å². The molecule has 4 rings (SSSR count). The summed E-state index contributed by atoms with van der Waals surface area (Å²) in [7, 11) is 0. The number of aromatic nitrogens is 4. The second-order valence-corrected chi connectivity index (χ2v) is 6.80. The lowest BCUT2D eigenvalue weighted by atomic mass is 9.98. The second-order valence-electron chi connectivity index (χ2n) is 6.80. The summed E-state index contributed by atoms with van der Waals surface area (Å²) in [6, 6.07) is 1.98. The van der Waals surface area contributed by atoms with Crippen LogP contribution < -0.4 is 4.90 Å². The molecule has 1 amide bonds. The highest BCUT2D eigenvalue weighted by molar-refractivity contribution is 5.79. The molecule has 2 fully saturated rings. The summed E-state index contributed by atoms with van der Waals surface area (Å²) in [5.41, 5.74) is 0. The van der Waals surface area contributed by atoms with Crippen LogP contribution in [0.3, 0.4) is 0 Å². The highest BCUT2D eigenvalue weighted by atomic mass is 16.5. The van der Waals surface area contributed by atoms with Gasteiger partial charge >= 0.3 is 0 Å². The molecule has 8 nitrogen and oxygen atoms in total. The van der Waals surface area contributed by atoms with Gasteiger partial charge in [-0.25, -0.2) is 15.0 Å². The number of carbonyl (C=O) groups excluding carboxylic acids is 1. The van der Waals surface area contributed by atoms with Crippen LogP contribution in [-0.4, -0.2) is 69.7 Å². The van der Waals surface area contributed by atoms with Crippen molar-refractivity contribution in [1.82, 2.24) is 24.4 Å². The van der Waals surface area contributed by atoms with E-state index >= 15 is 0 Å². The standard InChI is InChI=1S/C18H24N6O2/c1-14-20-16(12-17(21-14)24-5-4-19-13-24)22-6-8-23(9-7-22)18(25)15-2-10-26-11-3-15/h4-5,12-13,15H,2-3,6-11H2,1H3. The maximum Gasteiger partial charge on any atom is 0.225 e. The van der Waals surface area contributed by atoms with E-state index in [1.807, 2.05) is 28.7 Å². The van der Waals surface area contributed by atoms with Gasteiger partial charge in [0.2, 0.25) is 5.91 Å². The third-order valence-corrected chi connectivity index (χ3v) is 5.07. The molecule has 0 unspecified atom stereocenters. The van der Waals surface area contributed by atoms with Crippen LogP contribution in [0.1, 0.15) is 18.7 Å². The van der Waals surface area contributed by atoms with Gasteiger partial charge in [0.25, 0.3) is 0 Å². The average molecular weight is 356 g/mol. The quantitative estimate of drug-likeness (QED) is 0.818. The van der Waals surface area contributed by atoms with E-state index in [0.717, 1.165) is 56.5 Å². The summed E-state index contributed by atoms with van der Waals surface area (Å²) in [5, 5.41) is 0. The Labute approximate surface area is 152 Å². The average Bonchev–Trinajstić information content (AvgIpc) is 3.23. The van der Waals surface area contributed by atoms with Crippen LogP contribution in [0.4, 0.5) is 5.82 Å². The third-order valence-electron chi connectivity index (χ3n) is 5.07. The molecule has 4 heterocycles. The van der Waals surface area contributed by atoms with Crippen LogP contribution in [0.15, 0.2) is 24.8 Å². The van der Waals surface area contributed by atoms with E-state index in [2.05, 4.69) is 19.9 Å². The summed E-state index contributed by atoms with van der Waals surface area (Å²) in [5.74, 6) is 2.85. The molecule has 8 heteroatoms. The normalized spacial score (nSPS) is 19.0. The number of piperazine rings is 1. The number of rotatable bonds is 3. The zero-order valence-electron chi connectivity index (χ0n) is 15.0. The Kier molecular flexibility index (Phi) is 4.83. The van der Waals surface area contributed by atoms with Crippen molar-refractivity contribution in [1.29, 1.82) is 0 Å². The largest absolute Gasteiger partial charge is 0.381 e. The van der Waals surface area contributed by atoms with Gasteiger partial charge in [-0.1, -0.05) is 0 Å². The molecule has 2 aliphatic rings. The number of hydrogen-bond acceptors (Lipinski definition) is 6. The SMILES string of the molecule is Cc1nc(N2CCN(C(=O)C3CCOCC3)CC2)cc(-n2ccnc2)n1. The van der Waals surface area contributed by atoms with Gasteiger partial charge in [-0.15, -0.1) is 0 Å². The van der Waals surface area contributed by atoms with Crippen LogP contribution in [0.25, 0.3) is 5.82 Å². The summed E-state index contributed by atoms with van der Waals surface area (Å²) < 4.78 is 7.24.